The Kier molecular flexibility index (Phi) is 8.88. The molecule has 11 heteroatoms. The lowest BCUT2D eigenvalue weighted by Crippen LogP contribution is -2.35. The third kappa shape index (κ3) is 8.30. The average molecular weight is 448 g/mol. The molecule has 0 atom stereocenters. The summed E-state index contributed by atoms with van der Waals surface area (Å²) < 4.78 is 10.4. The minimum atomic E-state index is -0.542. The van der Waals surface area contributed by atoms with Crippen LogP contribution in [0.1, 0.15) is 39.1 Å². The summed E-state index contributed by atoms with van der Waals surface area (Å²) in [6.07, 6.45) is 3.28. The van der Waals surface area contributed by atoms with E-state index >= 15 is 0 Å². The number of ether oxygens (including phenoxy) is 2. The van der Waals surface area contributed by atoms with Gasteiger partial charge < -0.3 is 25.4 Å². The largest absolute Gasteiger partial charge is 0.444 e. The molecule has 0 aliphatic rings. The van der Waals surface area contributed by atoms with E-state index in [-0.39, 0.29) is 0 Å². The van der Waals surface area contributed by atoms with Crippen LogP contribution in [0.4, 0.5) is 26.7 Å². The van der Waals surface area contributed by atoms with Crippen LogP contribution in [0.25, 0.3) is 6.08 Å². The average Bonchev–Trinajstić information content (AvgIpc) is 3.05. The third-order valence-corrected chi connectivity index (χ3v) is 4.40. The van der Waals surface area contributed by atoms with Crippen LogP contribution >= 0.6 is 11.3 Å². The first-order valence-electron chi connectivity index (χ1n) is 9.69. The van der Waals surface area contributed by atoms with Crippen LogP contribution in [0, 0.1) is 0 Å². The van der Waals surface area contributed by atoms with Crippen molar-refractivity contribution < 1.29 is 14.3 Å². The second-order valence-corrected chi connectivity index (χ2v) is 8.33. The Morgan fingerprint density at radius 1 is 1.29 bits per heavy atom. The van der Waals surface area contributed by atoms with Crippen molar-refractivity contribution in [3.8, 4) is 0 Å². The fraction of sp³-hybridized carbons (Fsp3) is 0.450. The smallest absolute Gasteiger partial charge is 0.407 e. The molecule has 10 nitrogen and oxygen atoms in total. The molecule has 0 saturated heterocycles. The van der Waals surface area contributed by atoms with Crippen LogP contribution in [-0.4, -0.2) is 53.6 Å². The van der Waals surface area contributed by atoms with Gasteiger partial charge in [0, 0.05) is 26.3 Å². The van der Waals surface area contributed by atoms with Crippen LogP contribution in [0.2, 0.25) is 0 Å². The zero-order chi connectivity index (χ0) is 22.9. The molecule has 2 aromatic rings. The Morgan fingerprint density at radius 2 is 2.06 bits per heavy atom. The fourth-order valence-corrected chi connectivity index (χ4v) is 3.15. The van der Waals surface area contributed by atoms with Crippen LogP contribution in [-0.2, 0) is 16.1 Å². The quantitative estimate of drug-likeness (QED) is 0.367. The van der Waals surface area contributed by atoms with E-state index in [1.807, 2.05) is 39.8 Å². The Balaban J connectivity index is 2.05. The molecule has 0 radical (unpaired) electrons. The standard InChI is InChI=1S/C20H29N7O3S/c1-7-8-14-16(21-5)31-18(25-14)27-15-11-13(12-29-6)24-17(26-15)22-9-10-23-19(28)30-20(2,3)4/h7-8,11H,5,9-10,12H2,1-4,6H3,(H,23,28)(H2,22,24,25,26,27)/b8-7-. The molecule has 0 aliphatic heterocycles. The Bertz CT molecular complexity index is 922. The summed E-state index contributed by atoms with van der Waals surface area (Å²) in [7, 11) is 1.60. The Labute approximate surface area is 186 Å². The molecule has 0 bridgehead atoms. The monoisotopic (exact) mass is 447 g/mol. The third-order valence-electron chi connectivity index (χ3n) is 3.49. The number of aromatic nitrogens is 3. The number of carbonyl (C=O) groups excluding carboxylic acids is 1. The predicted octanol–water partition coefficient (Wildman–Crippen LogP) is 4.12. The zero-order valence-corrected chi connectivity index (χ0v) is 19.3. The van der Waals surface area contributed by atoms with Crippen LogP contribution in [0.5, 0.6) is 0 Å². The molecule has 0 spiro atoms. The number of hydrogen-bond donors (Lipinski definition) is 3. The maximum atomic E-state index is 11.7. The lowest BCUT2D eigenvalue weighted by atomic mass is 10.2. The zero-order valence-electron chi connectivity index (χ0n) is 18.5. The predicted molar refractivity (Wildman–Crippen MR) is 125 cm³/mol. The first kappa shape index (κ1) is 24.2. The van der Waals surface area contributed by atoms with Crippen molar-refractivity contribution in [2.75, 3.05) is 30.8 Å². The molecule has 2 rings (SSSR count). The second-order valence-electron chi connectivity index (χ2n) is 7.35. The maximum absolute atomic E-state index is 11.7. The highest BCUT2D eigenvalue weighted by atomic mass is 32.1. The van der Waals surface area contributed by atoms with Crippen molar-refractivity contribution in [3.05, 3.63) is 23.5 Å². The lowest BCUT2D eigenvalue weighted by Gasteiger charge is -2.19. The van der Waals surface area contributed by atoms with E-state index in [1.54, 1.807) is 13.2 Å². The summed E-state index contributed by atoms with van der Waals surface area (Å²) in [5.74, 6) is 0.955. The first-order chi connectivity index (χ1) is 14.7. The van der Waals surface area contributed by atoms with E-state index in [1.165, 1.54) is 11.3 Å². The second kappa shape index (κ2) is 11.4. The molecule has 168 valence electrons. The maximum Gasteiger partial charge on any atom is 0.407 e. The van der Waals surface area contributed by atoms with Gasteiger partial charge in [0.2, 0.25) is 5.95 Å². The van der Waals surface area contributed by atoms with Gasteiger partial charge in [-0.05, 0) is 40.5 Å². The highest BCUT2D eigenvalue weighted by molar-refractivity contribution is 7.19. The molecule has 31 heavy (non-hydrogen) atoms. The number of carbonyl (C=O) groups is 1. The number of nitrogens with one attached hydrogen (secondary N) is 3. The number of thiazole rings is 1. The van der Waals surface area contributed by atoms with Gasteiger partial charge in [0.25, 0.3) is 0 Å². The first-order valence-corrected chi connectivity index (χ1v) is 10.5. The fourth-order valence-electron chi connectivity index (χ4n) is 2.38. The van der Waals surface area contributed by atoms with Crippen molar-refractivity contribution in [3.63, 3.8) is 0 Å². The molecule has 3 N–H and O–H groups in total. The number of alkyl carbamates (subject to hydrolysis) is 1. The molecule has 0 fully saturated rings. The van der Waals surface area contributed by atoms with Gasteiger partial charge in [0.1, 0.15) is 22.1 Å². The minimum absolute atomic E-state index is 0.323. The van der Waals surface area contributed by atoms with E-state index in [0.717, 1.165) is 10.7 Å². The van der Waals surface area contributed by atoms with Crippen LogP contribution < -0.4 is 16.0 Å². The number of nitrogens with zero attached hydrogens (tertiary/aromatic N) is 4. The Morgan fingerprint density at radius 3 is 2.71 bits per heavy atom. The molecule has 0 saturated carbocycles. The van der Waals surface area contributed by atoms with E-state index in [4.69, 9.17) is 9.47 Å². The number of anilines is 3. The summed E-state index contributed by atoms with van der Waals surface area (Å²) in [6, 6.07) is 1.78. The molecule has 2 heterocycles. The molecule has 2 aromatic heterocycles. The van der Waals surface area contributed by atoms with E-state index in [0.29, 0.717) is 42.3 Å². The highest BCUT2D eigenvalue weighted by Crippen LogP contribution is 2.33. The summed E-state index contributed by atoms with van der Waals surface area (Å²) in [4.78, 5) is 29.1. The summed E-state index contributed by atoms with van der Waals surface area (Å²) in [6.45, 7) is 12.0. The molecule has 0 unspecified atom stereocenters. The van der Waals surface area contributed by atoms with Gasteiger partial charge in [-0.2, -0.15) is 4.98 Å². The topological polar surface area (TPSA) is 123 Å². The van der Waals surface area contributed by atoms with Gasteiger partial charge in [0.05, 0.1) is 12.3 Å². The van der Waals surface area contributed by atoms with Gasteiger partial charge in [0.15, 0.2) is 5.13 Å². The Hall–Kier alpha value is -3.05. The normalized spacial score (nSPS) is 11.4. The van der Waals surface area contributed by atoms with Crippen molar-refractivity contribution in [2.24, 2.45) is 4.99 Å². The SMILES string of the molecule is C=Nc1sc(Nc2cc(COC)nc(NCCNC(=O)OC(C)(C)C)n2)nc1/C=C\C. The molecule has 0 aliphatic carbocycles. The molecular formula is C20H29N7O3S. The van der Waals surface area contributed by atoms with Crippen molar-refractivity contribution in [1.82, 2.24) is 20.3 Å². The van der Waals surface area contributed by atoms with Crippen LogP contribution in [0.3, 0.4) is 0 Å². The van der Waals surface area contributed by atoms with E-state index in [9.17, 15) is 4.79 Å². The summed E-state index contributed by atoms with van der Waals surface area (Å²) in [5.41, 5.74) is 0.886. The molecule has 1 amide bonds. The minimum Gasteiger partial charge on any atom is -0.444 e. The van der Waals surface area contributed by atoms with Crippen molar-refractivity contribution in [1.29, 1.82) is 0 Å². The van der Waals surface area contributed by atoms with Gasteiger partial charge in [-0.1, -0.05) is 17.4 Å². The van der Waals surface area contributed by atoms with Crippen LogP contribution in [0.15, 0.2) is 17.1 Å². The number of amides is 1. The van der Waals surface area contributed by atoms with E-state index in [2.05, 4.69) is 42.6 Å². The number of hydrogen-bond acceptors (Lipinski definition) is 10. The number of methoxy groups -OCH3 is 1. The van der Waals surface area contributed by atoms with Crippen molar-refractivity contribution in [2.45, 2.75) is 39.9 Å². The number of aliphatic imine (C=N–C) groups is 1. The summed E-state index contributed by atoms with van der Waals surface area (Å²) in [5, 5.41) is 10.3. The van der Waals surface area contributed by atoms with Gasteiger partial charge in [-0.3, -0.25) is 4.99 Å². The van der Waals surface area contributed by atoms with Gasteiger partial charge in [-0.25, -0.2) is 14.8 Å². The summed E-state index contributed by atoms with van der Waals surface area (Å²) >= 11 is 1.37. The molecular weight excluding hydrogens is 418 g/mol. The van der Waals surface area contributed by atoms with Gasteiger partial charge >= 0.3 is 6.09 Å². The van der Waals surface area contributed by atoms with Gasteiger partial charge in [-0.15, -0.1) is 0 Å². The van der Waals surface area contributed by atoms with Crippen molar-refractivity contribution >= 4 is 52.1 Å². The number of allylic oxidation sites excluding steroid dienone is 1. The number of rotatable bonds is 10. The van der Waals surface area contributed by atoms with E-state index < -0.39 is 11.7 Å². The molecule has 0 aromatic carbocycles. The lowest BCUT2D eigenvalue weighted by molar-refractivity contribution is 0.0530. The highest BCUT2D eigenvalue weighted by Gasteiger charge is 2.15.